The number of para-hydroxylation sites is 1. The highest BCUT2D eigenvalue weighted by atomic mass is 16.5. The minimum atomic E-state index is -0.942. The van der Waals surface area contributed by atoms with Gasteiger partial charge in [-0.3, -0.25) is 14.4 Å². The van der Waals surface area contributed by atoms with Crippen molar-refractivity contribution in [3.63, 3.8) is 0 Å². The maximum atomic E-state index is 13.0. The van der Waals surface area contributed by atoms with E-state index in [2.05, 4.69) is 13.8 Å². The lowest BCUT2D eigenvalue weighted by atomic mass is 9.96. The number of amides is 2. The first-order valence-electron chi connectivity index (χ1n) is 9.92. The standard InChI is InChI=1S/C21H28N2O5/c1-3-14(2)17-6-4-5-7-18(17)23-12-15(10-19(23)24)21(27)22-8-9-28-16(13-22)11-20(25)26/h4-7,14-16H,3,8-13H2,1-2H3,(H,25,26). The van der Waals surface area contributed by atoms with Crippen molar-refractivity contribution in [3.05, 3.63) is 29.8 Å². The third kappa shape index (κ3) is 4.35. The van der Waals surface area contributed by atoms with E-state index in [0.29, 0.717) is 25.6 Å². The van der Waals surface area contributed by atoms with Crippen LogP contribution in [0, 0.1) is 5.92 Å². The lowest BCUT2D eigenvalue weighted by Crippen LogP contribution is -2.48. The Bertz CT molecular complexity index is 750. The van der Waals surface area contributed by atoms with Gasteiger partial charge in [-0.15, -0.1) is 0 Å². The van der Waals surface area contributed by atoms with E-state index < -0.39 is 18.0 Å². The molecule has 2 amide bonds. The number of carboxylic acid groups (broad SMARTS) is 1. The fraction of sp³-hybridized carbons (Fsp3) is 0.571. The SMILES string of the molecule is CCC(C)c1ccccc1N1CC(C(=O)N2CCOC(CC(=O)O)C2)CC1=O. The summed E-state index contributed by atoms with van der Waals surface area (Å²) in [7, 11) is 0. The predicted molar refractivity (Wildman–Crippen MR) is 104 cm³/mol. The Hall–Kier alpha value is -2.41. The number of hydrogen-bond acceptors (Lipinski definition) is 4. The molecule has 0 aliphatic carbocycles. The van der Waals surface area contributed by atoms with Gasteiger partial charge in [-0.1, -0.05) is 32.0 Å². The van der Waals surface area contributed by atoms with Crippen molar-refractivity contribution in [2.75, 3.05) is 31.1 Å². The molecule has 1 N–H and O–H groups in total. The number of rotatable bonds is 6. The summed E-state index contributed by atoms with van der Waals surface area (Å²) in [6.45, 7) is 5.64. The Labute approximate surface area is 165 Å². The highest BCUT2D eigenvalue weighted by Crippen LogP contribution is 2.34. The van der Waals surface area contributed by atoms with E-state index in [1.807, 2.05) is 24.3 Å². The van der Waals surface area contributed by atoms with Crippen LogP contribution in [0.15, 0.2) is 24.3 Å². The van der Waals surface area contributed by atoms with Crippen LogP contribution in [0.3, 0.4) is 0 Å². The Morgan fingerprint density at radius 2 is 2.04 bits per heavy atom. The van der Waals surface area contributed by atoms with Gasteiger partial charge in [-0.2, -0.15) is 0 Å². The van der Waals surface area contributed by atoms with Crippen LogP contribution in [0.25, 0.3) is 0 Å². The summed E-state index contributed by atoms with van der Waals surface area (Å²) < 4.78 is 5.45. The van der Waals surface area contributed by atoms with Crippen molar-refractivity contribution in [2.24, 2.45) is 5.92 Å². The lowest BCUT2D eigenvalue weighted by molar-refractivity contribution is -0.149. The normalized spacial score (nSPS) is 23.7. The smallest absolute Gasteiger partial charge is 0.306 e. The maximum Gasteiger partial charge on any atom is 0.306 e. The van der Waals surface area contributed by atoms with Gasteiger partial charge in [0.25, 0.3) is 0 Å². The first-order chi connectivity index (χ1) is 13.4. The van der Waals surface area contributed by atoms with E-state index in [1.54, 1.807) is 9.80 Å². The zero-order chi connectivity index (χ0) is 20.3. The maximum absolute atomic E-state index is 13.0. The molecule has 0 bridgehead atoms. The van der Waals surface area contributed by atoms with Gasteiger partial charge in [0.15, 0.2) is 0 Å². The number of carbonyl (C=O) groups excluding carboxylic acids is 2. The zero-order valence-electron chi connectivity index (χ0n) is 16.5. The molecule has 1 aromatic carbocycles. The molecule has 0 aromatic heterocycles. The van der Waals surface area contributed by atoms with Gasteiger partial charge in [-0.05, 0) is 24.0 Å². The average molecular weight is 388 g/mol. The third-order valence-corrected chi connectivity index (χ3v) is 5.70. The Balaban J connectivity index is 1.71. The van der Waals surface area contributed by atoms with Gasteiger partial charge in [-0.25, -0.2) is 0 Å². The largest absolute Gasteiger partial charge is 0.481 e. The van der Waals surface area contributed by atoms with Gasteiger partial charge < -0.3 is 19.6 Å². The van der Waals surface area contributed by atoms with Crippen molar-refractivity contribution in [3.8, 4) is 0 Å². The Kier molecular flexibility index (Phi) is 6.34. The number of anilines is 1. The van der Waals surface area contributed by atoms with Crippen molar-refractivity contribution in [2.45, 2.75) is 45.1 Å². The van der Waals surface area contributed by atoms with Gasteiger partial charge in [0.1, 0.15) is 0 Å². The van der Waals surface area contributed by atoms with Gasteiger partial charge in [0.2, 0.25) is 11.8 Å². The molecule has 7 nitrogen and oxygen atoms in total. The lowest BCUT2D eigenvalue weighted by Gasteiger charge is -2.33. The van der Waals surface area contributed by atoms with Crippen molar-refractivity contribution >= 4 is 23.5 Å². The zero-order valence-corrected chi connectivity index (χ0v) is 16.5. The Morgan fingerprint density at radius 1 is 1.29 bits per heavy atom. The number of carboxylic acids is 1. The molecule has 2 aliphatic heterocycles. The molecular formula is C21H28N2O5. The second-order valence-corrected chi connectivity index (χ2v) is 7.65. The second-order valence-electron chi connectivity index (χ2n) is 7.65. The number of morpholine rings is 1. The first-order valence-corrected chi connectivity index (χ1v) is 9.92. The molecule has 2 aliphatic rings. The van der Waals surface area contributed by atoms with Crippen LogP contribution >= 0.6 is 0 Å². The Morgan fingerprint density at radius 3 is 2.75 bits per heavy atom. The van der Waals surface area contributed by atoms with Crippen LogP contribution < -0.4 is 4.90 Å². The molecule has 3 rings (SSSR count). The summed E-state index contributed by atoms with van der Waals surface area (Å²) in [6, 6.07) is 7.89. The van der Waals surface area contributed by atoms with E-state index in [4.69, 9.17) is 9.84 Å². The number of benzene rings is 1. The van der Waals surface area contributed by atoms with Gasteiger partial charge >= 0.3 is 5.97 Å². The molecular weight excluding hydrogens is 360 g/mol. The van der Waals surface area contributed by atoms with Crippen LogP contribution in [-0.4, -0.2) is 60.1 Å². The number of ether oxygens (including phenoxy) is 1. The summed E-state index contributed by atoms with van der Waals surface area (Å²) >= 11 is 0. The summed E-state index contributed by atoms with van der Waals surface area (Å²) in [5.41, 5.74) is 2.02. The van der Waals surface area contributed by atoms with Crippen molar-refractivity contribution in [1.29, 1.82) is 0 Å². The van der Waals surface area contributed by atoms with E-state index in [1.165, 1.54) is 0 Å². The van der Waals surface area contributed by atoms with Gasteiger partial charge in [0.05, 0.1) is 25.0 Å². The molecule has 152 valence electrons. The number of aliphatic carboxylic acids is 1. The number of hydrogen-bond donors (Lipinski definition) is 1. The summed E-state index contributed by atoms with van der Waals surface area (Å²) in [6.07, 6.45) is 0.547. The molecule has 0 spiro atoms. The van der Waals surface area contributed by atoms with E-state index in [9.17, 15) is 14.4 Å². The quantitative estimate of drug-likeness (QED) is 0.808. The van der Waals surface area contributed by atoms with E-state index in [-0.39, 0.29) is 31.2 Å². The molecule has 28 heavy (non-hydrogen) atoms. The molecule has 3 atom stereocenters. The van der Waals surface area contributed by atoms with Crippen LogP contribution in [0.1, 0.15) is 44.6 Å². The molecule has 2 heterocycles. The van der Waals surface area contributed by atoms with Crippen LogP contribution in [0.2, 0.25) is 0 Å². The summed E-state index contributed by atoms with van der Waals surface area (Å²) in [5.74, 6) is -1.14. The number of nitrogens with zero attached hydrogens (tertiary/aromatic N) is 2. The topological polar surface area (TPSA) is 87.2 Å². The minimum Gasteiger partial charge on any atom is -0.481 e. The fourth-order valence-electron chi connectivity index (χ4n) is 3.97. The van der Waals surface area contributed by atoms with Crippen LogP contribution in [0.4, 0.5) is 5.69 Å². The van der Waals surface area contributed by atoms with E-state index >= 15 is 0 Å². The van der Waals surface area contributed by atoms with E-state index in [0.717, 1.165) is 17.7 Å². The third-order valence-electron chi connectivity index (χ3n) is 5.70. The molecule has 7 heteroatoms. The predicted octanol–water partition coefficient (Wildman–Crippen LogP) is 2.26. The van der Waals surface area contributed by atoms with Crippen molar-refractivity contribution < 1.29 is 24.2 Å². The van der Waals surface area contributed by atoms with Crippen LogP contribution in [-0.2, 0) is 19.1 Å². The minimum absolute atomic E-state index is 0.0375. The molecule has 2 fully saturated rings. The molecule has 0 saturated carbocycles. The van der Waals surface area contributed by atoms with Crippen molar-refractivity contribution in [1.82, 2.24) is 4.90 Å². The molecule has 0 radical (unpaired) electrons. The highest BCUT2D eigenvalue weighted by Gasteiger charge is 2.39. The second kappa shape index (κ2) is 8.73. The number of carbonyl (C=O) groups is 3. The summed E-state index contributed by atoms with van der Waals surface area (Å²) in [5, 5.41) is 8.95. The van der Waals surface area contributed by atoms with Crippen LogP contribution in [0.5, 0.6) is 0 Å². The summed E-state index contributed by atoms with van der Waals surface area (Å²) in [4.78, 5) is 40.0. The molecule has 2 saturated heterocycles. The average Bonchev–Trinajstić information content (AvgIpc) is 3.08. The highest BCUT2D eigenvalue weighted by molar-refractivity contribution is 6.01. The molecule has 1 aromatic rings. The first kappa shape index (κ1) is 20.3. The molecule has 3 unspecified atom stereocenters. The fourth-order valence-corrected chi connectivity index (χ4v) is 3.97. The van der Waals surface area contributed by atoms with Gasteiger partial charge in [0, 0.05) is 31.7 Å². The monoisotopic (exact) mass is 388 g/mol.